The standard InChI is InChI=1S/C43H79N3O15P2/c1-33(2)24-20-16-12-8-6-5-7-9-14-18-22-26-38(47)56-30-35(59-39(48)27-23-19-15-11-10-13-17-21-25-34(3)4)31-57-62(52,53)61-63(54,55)58-32-36-40(49)41(50)42(60-36)46-29-28-37(44)45-43(46)51/h28-29,33-36,40-42,49-50H,5-27,30-32H2,1-4H3,(H,52,53)(H,54,55)(H2,44,45,51)/t35-,36-,40+,41?,42-/m1/s1. The molecule has 1 aliphatic rings. The molecule has 366 valence electrons. The van der Waals surface area contributed by atoms with Crippen molar-refractivity contribution in [1.29, 1.82) is 0 Å². The lowest BCUT2D eigenvalue weighted by Crippen LogP contribution is -2.36. The van der Waals surface area contributed by atoms with Gasteiger partial charge >= 0.3 is 33.3 Å². The summed E-state index contributed by atoms with van der Waals surface area (Å²) in [5, 5.41) is 20.9. The van der Waals surface area contributed by atoms with Crippen LogP contribution in [-0.4, -0.2) is 85.7 Å². The molecule has 0 amide bonds. The maximum absolute atomic E-state index is 12.8. The Morgan fingerprint density at radius 2 is 1.17 bits per heavy atom. The first-order valence-corrected chi connectivity index (χ1v) is 26.3. The molecule has 1 aromatic heterocycles. The number of esters is 2. The number of carbonyl (C=O) groups is 2. The number of anilines is 1. The molecule has 7 atom stereocenters. The van der Waals surface area contributed by atoms with E-state index in [0.717, 1.165) is 61.9 Å². The zero-order valence-corrected chi connectivity index (χ0v) is 40.0. The molecular weight excluding hydrogens is 860 g/mol. The molecule has 0 saturated carbocycles. The molecule has 0 spiro atoms. The summed E-state index contributed by atoms with van der Waals surface area (Å²) in [4.78, 5) is 61.6. The molecule has 1 fully saturated rings. The lowest BCUT2D eigenvalue weighted by molar-refractivity contribution is -0.161. The molecule has 1 saturated heterocycles. The molecule has 1 aromatic rings. The second-order valence-corrected chi connectivity index (χ2v) is 20.6. The third kappa shape index (κ3) is 26.5. The van der Waals surface area contributed by atoms with E-state index in [4.69, 9.17) is 29.0 Å². The van der Waals surface area contributed by atoms with Crippen molar-refractivity contribution >= 4 is 33.4 Å². The van der Waals surface area contributed by atoms with Gasteiger partial charge in [0.15, 0.2) is 12.3 Å². The maximum Gasteiger partial charge on any atom is 0.481 e. The van der Waals surface area contributed by atoms with E-state index < -0.39 is 83.7 Å². The van der Waals surface area contributed by atoms with Gasteiger partial charge in [-0.15, -0.1) is 0 Å². The fraction of sp³-hybridized carbons (Fsp3) is 0.860. The molecule has 2 rings (SSSR count). The highest BCUT2D eigenvalue weighted by atomic mass is 31.3. The molecule has 1 aliphatic heterocycles. The van der Waals surface area contributed by atoms with Gasteiger partial charge in [-0.05, 0) is 30.7 Å². The number of hydrogen-bond acceptors (Lipinski definition) is 15. The van der Waals surface area contributed by atoms with Crippen molar-refractivity contribution < 1.29 is 66.3 Å². The van der Waals surface area contributed by atoms with Crippen molar-refractivity contribution in [3.05, 3.63) is 22.7 Å². The molecule has 18 nitrogen and oxygen atoms in total. The van der Waals surface area contributed by atoms with Crippen molar-refractivity contribution in [2.24, 2.45) is 11.8 Å². The van der Waals surface area contributed by atoms with Crippen LogP contribution in [0, 0.1) is 11.8 Å². The largest absolute Gasteiger partial charge is 0.481 e. The first kappa shape index (κ1) is 56.9. The predicted molar refractivity (Wildman–Crippen MR) is 238 cm³/mol. The fourth-order valence-corrected chi connectivity index (χ4v) is 9.26. The average Bonchev–Trinajstić information content (AvgIpc) is 3.48. The lowest BCUT2D eigenvalue weighted by Gasteiger charge is -2.21. The molecule has 0 aromatic carbocycles. The van der Waals surface area contributed by atoms with Crippen LogP contribution >= 0.6 is 15.6 Å². The number of hydrogen-bond donors (Lipinski definition) is 5. The summed E-state index contributed by atoms with van der Waals surface area (Å²) >= 11 is 0. The number of rotatable bonds is 37. The summed E-state index contributed by atoms with van der Waals surface area (Å²) in [5.41, 5.74) is 4.58. The van der Waals surface area contributed by atoms with Gasteiger partial charge in [-0.25, -0.2) is 13.9 Å². The van der Waals surface area contributed by atoms with Gasteiger partial charge in [0.25, 0.3) is 0 Å². The van der Waals surface area contributed by atoms with Gasteiger partial charge in [-0.1, -0.05) is 150 Å². The van der Waals surface area contributed by atoms with Gasteiger partial charge in [0.2, 0.25) is 0 Å². The zero-order chi connectivity index (χ0) is 46.7. The van der Waals surface area contributed by atoms with Crippen LogP contribution in [0.4, 0.5) is 5.82 Å². The van der Waals surface area contributed by atoms with Crippen LogP contribution in [0.2, 0.25) is 0 Å². The molecule has 63 heavy (non-hydrogen) atoms. The van der Waals surface area contributed by atoms with Crippen LogP contribution < -0.4 is 11.4 Å². The van der Waals surface area contributed by atoms with Crippen LogP contribution in [0.25, 0.3) is 0 Å². The van der Waals surface area contributed by atoms with Gasteiger partial charge in [0.05, 0.1) is 13.2 Å². The number of unbranched alkanes of at least 4 members (excludes halogenated alkanes) is 17. The zero-order valence-electron chi connectivity index (χ0n) is 38.2. The molecule has 2 heterocycles. The third-order valence-corrected chi connectivity index (χ3v) is 13.4. The van der Waals surface area contributed by atoms with Gasteiger partial charge in [0, 0.05) is 19.0 Å². The second-order valence-electron chi connectivity index (χ2n) is 17.6. The quantitative estimate of drug-likeness (QED) is 0.0238. The van der Waals surface area contributed by atoms with E-state index >= 15 is 0 Å². The van der Waals surface area contributed by atoms with Crippen LogP contribution in [0.5, 0.6) is 0 Å². The summed E-state index contributed by atoms with van der Waals surface area (Å²) in [6.07, 6.45) is 16.6. The smallest absolute Gasteiger partial charge is 0.462 e. The van der Waals surface area contributed by atoms with Crippen molar-refractivity contribution in [2.75, 3.05) is 25.6 Å². The third-order valence-electron chi connectivity index (χ3n) is 10.8. The number of aliphatic hydroxyl groups excluding tert-OH is 2. The van der Waals surface area contributed by atoms with Crippen LogP contribution in [0.1, 0.15) is 182 Å². The van der Waals surface area contributed by atoms with Crippen molar-refractivity contribution in [3.8, 4) is 0 Å². The highest BCUT2D eigenvalue weighted by Gasteiger charge is 2.46. The Hall–Kier alpha value is -2.24. The minimum atomic E-state index is -5.41. The van der Waals surface area contributed by atoms with Crippen LogP contribution in [0.3, 0.4) is 0 Å². The van der Waals surface area contributed by atoms with Crippen molar-refractivity contribution in [1.82, 2.24) is 9.55 Å². The lowest BCUT2D eigenvalue weighted by atomic mass is 10.0. The number of phosphoric ester groups is 2. The molecule has 6 N–H and O–H groups in total. The predicted octanol–water partition coefficient (Wildman–Crippen LogP) is 8.43. The summed E-state index contributed by atoms with van der Waals surface area (Å²) in [7, 11) is -10.8. The van der Waals surface area contributed by atoms with Crippen molar-refractivity contribution in [3.63, 3.8) is 0 Å². The fourth-order valence-electron chi connectivity index (χ4n) is 7.15. The Kier molecular flexibility index (Phi) is 28.6. The SMILES string of the molecule is CC(C)CCCCCCCCCCCCCC(=O)OC[C@H](COP(=O)(O)OP(=O)(O)OC[C@H]1O[C@@H](n2ccc(N)nc2=O)C(O)[C@H]1O)OC(=O)CCCCCCCCCCC(C)C. The van der Waals surface area contributed by atoms with E-state index in [2.05, 4.69) is 37.0 Å². The van der Waals surface area contributed by atoms with E-state index in [0.29, 0.717) is 18.8 Å². The molecule has 20 heteroatoms. The average molecular weight is 940 g/mol. The van der Waals surface area contributed by atoms with Gasteiger partial charge in [-0.2, -0.15) is 9.29 Å². The molecular formula is C43H79N3O15P2. The monoisotopic (exact) mass is 939 g/mol. The number of aromatic nitrogens is 2. The minimum Gasteiger partial charge on any atom is -0.462 e. The molecule has 0 bridgehead atoms. The number of ether oxygens (including phenoxy) is 3. The number of nitrogen functional groups attached to an aromatic ring is 1. The number of carbonyl (C=O) groups excluding carboxylic acids is 2. The Morgan fingerprint density at radius 3 is 1.67 bits per heavy atom. The highest BCUT2D eigenvalue weighted by molar-refractivity contribution is 7.61. The topological polar surface area (TPSA) is 265 Å². The number of nitrogens with zero attached hydrogens (tertiary/aromatic N) is 2. The Labute approximate surface area is 374 Å². The minimum absolute atomic E-state index is 0.0538. The number of nitrogens with two attached hydrogens (primary N) is 1. The summed E-state index contributed by atoms with van der Waals surface area (Å²) in [5.74, 6) is 0.194. The van der Waals surface area contributed by atoms with Crippen LogP contribution in [-0.2, 0) is 46.3 Å². The Morgan fingerprint density at radius 1 is 0.714 bits per heavy atom. The van der Waals surface area contributed by atoms with Gasteiger partial charge in [-0.3, -0.25) is 23.2 Å². The Balaban J connectivity index is 1.82. The normalized spacial score (nSPS) is 20.2. The van der Waals surface area contributed by atoms with E-state index in [-0.39, 0.29) is 18.7 Å². The summed E-state index contributed by atoms with van der Waals surface area (Å²) in [6, 6.07) is 1.25. The van der Waals surface area contributed by atoms with E-state index in [9.17, 15) is 43.5 Å². The summed E-state index contributed by atoms with van der Waals surface area (Å²) in [6.45, 7) is 6.69. The number of phosphoric acid groups is 2. The highest BCUT2D eigenvalue weighted by Crippen LogP contribution is 2.60. The Bertz CT molecular complexity index is 1580. The van der Waals surface area contributed by atoms with E-state index in [1.165, 1.54) is 82.9 Å². The maximum atomic E-state index is 12.8. The van der Waals surface area contributed by atoms with Crippen LogP contribution in [0.15, 0.2) is 17.1 Å². The molecule has 0 radical (unpaired) electrons. The first-order chi connectivity index (χ1) is 29.9. The van der Waals surface area contributed by atoms with E-state index in [1.807, 2.05) is 0 Å². The molecule has 3 unspecified atom stereocenters. The number of aliphatic hydroxyl groups is 2. The first-order valence-electron chi connectivity index (χ1n) is 23.3. The molecule has 0 aliphatic carbocycles. The summed E-state index contributed by atoms with van der Waals surface area (Å²) < 4.78 is 56.6. The van der Waals surface area contributed by atoms with Gasteiger partial charge < -0.3 is 39.9 Å². The van der Waals surface area contributed by atoms with E-state index in [1.54, 1.807) is 0 Å². The van der Waals surface area contributed by atoms with Crippen molar-refractivity contribution in [2.45, 2.75) is 206 Å². The van der Waals surface area contributed by atoms with Gasteiger partial charge in [0.1, 0.15) is 30.7 Å². The second kappa shape index (κ2) is 31.6.